The highest BCUT2D eigenvalue weighted by Gasteiger charge is 2.24. The Kier molecular flexibility index (Phi) is 3.87. The Bertz CT molecular complexity index is 585. The first-order chi connectivity index (χ1) is 8.89. The minimum atomic E-state index is -0.263. The predicted molar refractivity (Wildman–Crippen MR) is 76.5 cm³/mol. The van der Waals surface area contributed by atoms with Crippen LogP contribution in [0.4, 0.5) is 0 Å². The van der Waals surface area contributed by atoms with Gasteiger partial charge in [0.2, 0.25) is 0 Å². The highest BCUT2D eigenvalue weighted by molar-refractivity contribution is 6.16. The molecule has 2 heterocycles. The van der Waals surface area contributed by atoms with Crippen molar-refractivity contribution in [3.8, 4) is 0 Å². The second kappa shape index (κ2) is 5.13. The van der Waals surface area contributed by atoms with Crippen molar-refractivity contribution >= 4 is 22.8 Å². The molecule has 0 unspecified atom stereocenters. The van der Waals surface area contributed by atoms with Crippen molar-refractivity contribution in [3.63, 3.8) is 0 Å². The molecule has 0 N–H and O–H groups in total. The van der Waals surface area contributed by atoms with E-state index in [2.05, 4.69) is 28.5 Å². The minimum absolute atomic E-state index is 0.263. The van der Waals surface area contributed by atoms with Crippen molar-refractivity contribution in [2.24, 2.45) is 7.05 Å². The molecule has 2 aromatic heterocycles. The van der Waals surface area contributed by atoms with E-state index in [9.17, 15) is 0 Å². The number of rotatable bonds is 5. The van der Waals surface area contributed by atoms with Gasteiger partial charge in [-0.05, 0) is 27.7 Å². The average molecular weight is 285 g/mol. The summed E-state index contributed by atoms with van der Waals surface area (Å²) in [6.07, 6.45) is 0. The van der Waals surface area contributed by atoms with Crippen LogP contribution >= 0.6 is 11.6 Å². The molecule has 0 atom stereocenters. The lowest BCUT2D eigenvalue weighted by molar-refractivity contribution is -0.0222. The number of imidazole rings is 1. The van der Waals surface area contributed by atoms with E-state index in [0.29, 0.717) is 19.0 Å². The molecule has 0 radical (unpaired) electrons. The number of ether oxygens (including phenoxy) is 1. The van der Waals surface area contributed by atoms with Gasteiger partial charge in [-0.15, -0.1) is 11.6 Å². The molecule has 2 aromatic rings. The maximum absolute atomic E-state index is 6.02. The Hall–Kier alpha value is -1.07. The zero-order chi connectivity index (χ0) is 14.2. The Morgan fingerprint density at radius 1 is 1.37 bits per heavy atom. The summed E-state index contributed by atoms with van der Waals surface area (Å²) < 4.78 is 9.74. The molecule has 0 fully saturated rings. The molecule has 5 nitrogen and oxygen atoms in total. The van der Waals surface area contributed by atoms with Gasteiger partial charge in [0, 0.05) is 13.7 Å². The summed E-state index contributed by atoms with van der Waals surface area (Å²) >= 11 is 6.02. The lowest BCUT2D eigenvalue weighted by Gasteiger charge is -2.26. The molecule has 0 aromatic carbocycles. The van der Waals surface area contributed by atoms with Crippen molar-refractivity contribution < 1.29 is 4.74 Å². The molecule has 106 valence electrons. The highest BCUT2D eigenvalue weighted by Crippen LogP contribution is 2.23. The number of alkyl halides is 1. The van der Waals surface area contributed by atoms with Gasteiger partial charge in [-0.3, -0.25) is 4.68 Å². The number of aromatic nitrogens is 4. The fourth-order valence-corrected chi connectivity index (χ4v) is 2.67. The van der Waals surface area contributed by atoms with Crippen LogP contribution in [-0.4, -0.2) is 31.5 Å². The van der Waals surface area contributed by atoms with Gasteiger partial charge >= 0.3 is 0 Å². The topological polar surface area (TPSA) is 44.9 Å². The first kappa shape index (κ1) is 14.3. The van der Waals surface area contributed by atoms with Gasteiger partial charge in [0.05, 0.1) is 23.7 Å². The summed E-state index contributed by atoms with van der Waals surface area (Å²) in [7, 11) is 1.93. The van der Waals surface area contributed by atoms with Crippen molar-refractivity contribution in [2.45, 2.75) is 45.7 Å². The lowest BCUT2D eigenvalue weighted by atomic mass is 10.1. The van der Waals surface area contributed by atoms with E-state index in [1.54, 1.807) is 0 Å². The largest absolute Gasteiger partial charge is 0.374 e. The summed E-state index contributed by atoms with van der Waals surface area (Å²) in [5.41, 5.74) is 2.59. The van der Waals surface area contributed by atoms with E-state index in [4.69, 9.17) is 16.3 Å². The van der Waals surface area contributed by atoms with E-state index < -0.39 is 0 Å². The molecular formula is C13H21ClN4O. The molecule has 0 saturated heterocycles. The monoisotopic (exact) mass is 284 g/mol. The normalized spacial score (nSPS) is 12.5. The third kappa shape index (κ3) is 2.62. The molecular weight excluding hydrogens is 264 g/mol. The van der Waals surface area contributed by atoms with Crippen molar-refractivity contribution in [1.82, 2.24) is 19.3 Å². The molecule has 0 amide bonds. The van der Waals surface area contributed by atoms with E-state index >= 15 is 0 Å². The second-order valence-corrected chi connectivity index (χ2v) is 5.59. The number of aryl methyl sites for hydroxylation is 2. The Balaban J connectivity index is 2.51. The number of hydrogen-bond acceptors (Lipinski definition) is 3. The Morgan fingerprint density at radius 2 is 2.05 bits per heavy atom. The highest BCUT2D eigenvalue weighted by atomic mass is 35.5. The summed E-state index contributed by atoms with van der Waals surface area (Å²) in [5, 5.41) is 4.41. The zero-order valence-electron chi connectivity index (χ0n) is 12.2. The number of fused-ring (bicyclic) bond motifs is 1. The van der Waals surface area contributed by atoms with Crippen molar-refractivity contribution in [3.05, 3.63) is 11.5 Å². The van der Waals surface area contributed by atoms with Crippen LogP contribution in [0.1, 0.15) is 32.3 Å². The molecule has 0 bridgehead atoms. The second-order valence-electron chi connectivity index (χ2n) is 5.32. The van der Waals surface area contributed by atoms with Crippen LogP contribution in [0, 0.1) is 6.92 Å². The van der Waals surface area contributed by atoms with Crippen LogP contribution in [0.2, 0.25) is 0 Å². The van der Waals surface area contributed by atoms with Crippen molar-refractivity contribution in [1.29, 1.82) is 0 Å². The molecule has 19 heavy (non-hydrogen) atoms. The standard InChI is InChI=1S/C13H21ClN4O/c1-6-19-13(3,4)8-18-10(7-14)15-11-9(2)16-17(5)12(11)18/h6-8H2,1-5H3. The summed E-state index contributed by atoms with van der Waals surface area (Å²) in [5.74, 6) is 1.25. The van der Waals surface area contributed by atoms with Gasteiger partial charge < -0.3 is 9.30 Å². The van der Waals surface area contributed by atoms with E-state index in [-0.39, 0.29) is 5.60 Å². The molecule has 0 aliphatic heterocycles. The van der Waals surface area contributed by atoms with Gasteiger partial charge in [-0.25, -0.2) is 4.98 Å². The van der Waals surface area contributed by atoms with Gasteiger partial charge in [0.25, 0.3) is 0 Å². The molecule has 0 spiro atoms. The van der Waals surface area contributed by atoms with Crippen LogP contribution in [0.3, 0.4) is 0 Å². The first-order valence-electron chi connectivity index (χ1n) is 6.48. The third-order valence-electron chi connectivity index (χ3n) is 3.16. The third-order valence-corrected chi connectivity index (χ3v) is 3.40. The van der Waals surface area contributed by atoms with Crippen LogP contribution in [0.25, 0.3) is 11.2 Å². The lowest BCUT2D eigenvalue weighted by Crippen LogP contribution is -2.31. The molecule has 0 saturated carbocycles. The van der Waals surface area contributed by atoms with Gasteiger partial charge in [0.15, 0.2) is 5.65 Å². The fourth-order valence-electron chi connectivity index (χ4n) is 2.47. The molecule has 0 aliphatic rings. The van der Waals surface area contributed by atoms with Gasteiger partial charge in [-0.1, -0.05) is 0 Å². The minimum Gasteiger partial charge on any atom is -0.374 e. The van der Waals surface area contributed by atoms with Gasteiger partial charge in [-0.2, -0.15) is 5.10 Å². The summed E-state index contributed by atoms with van der Waals surface area (Å²) in [4.78, 5) is 4.59. The summed E-state index contributed by atoms with van der Waals surface area (Å²) in [6, 6.07) is 0. The summed E-state index contributed by atoms with van der Waals surface area (Å²) in [6.45, 7) is 9.50. The zero-order valence-corrected chi connectivity index (χ0v) is 13.0. The Labute approximate surface area is 118 Å². The molecule has 2 rings (SSSR count). The average Bonchev–Trinajstić information content (AvgIpc) is 2.78. The maximum Gasteiger partial charge on any atom is 0.158 e. The van der Waals surface area contributed by atoms with E-state index in [0.717, 1.165) is 22.7 Å². The first-order valence-corrected chi connectivity index (χ1v) is 7.01. The smallest absolute Gasteiger partial charge is 0.158 e. The fraction of sp³-hybridized carbons (Fsp3) is 0.692. The number of nitrogens with zero attached hydrogens (tertiary/aromatic N) is 4. The van der Waals surface area contributed by atoms with E-state index in [1.807, 2.05) is 25.6 Å². The quantitative estimate of drug-likeness (QED) is 0.793. The van der Waals surface area contributed by atoms with Crippen molar-refractivity contribution in [2.75, 3.05) is 6.61 Å². The van der Waals surface area contributed by atoms with Crippen LogP contribution < -0.4 is 0 Å². The SMILES string of the molecule is CCOC(C)(C)Cn1c(CCl)nc2c(C)nn(C)c21. The van der Waals surface area contributed by atoms with E-state index in [1.165, 1.54) is 0 Å². The van der Waals surface area contributed by atoms with Gasteiger partial charge in [0.1, 0.15) is 11.3 Å². The maximum atomic E-state index is 6.02. The predicted octanol–water partition coefficient (Wildman–Crippen LogP) is 2.63. The molecule has 6 heteroatoms. The molecule has 0 aliphatic carbocycles. The van der Waals surface area contributed by atoms with Crippen LogP contribution in [-0.2, 0) is 24.2 Å². The van der Waals surface area contributed by atoms with Crippen LogP contribution in [0.5, 0.6) is 0 Å². The number of halogens is 1. The number of hydrogen-bond donors (Lipinski definition) is 0. The van der Waals surface area contributed by atoms with Crippen LogP contribution in [0.15, 0.2) is 0 Å². The Morgan fingerprint density at radius 3 is 2.63 bits per heavy atom.